The lowest BCUT2D eigenvalue weighted by Gasteiger charge is -2.30. The SMILES string of the molecule is Cc1nn(-c2ccccc2Cl)c(C)c1C(=O)N1CC[NH+](C)CC1. The maximum atomic E-state index is 12.9. The number of likely N-dealkylation sites (N-methyl/N-ethyl adjacent to an activating group) is 1. The van der Waals surface area contributed by atoms with Crippen molar-refractivity contribution in [2.45, 2.75) is 13.8 Å². The fraction of sp³-hybridized carbons (Fsp3) is 0.412. The average Bonchev–Trinajstić information content (AvgIpc) is 2.82. The number of quaternary nitrogens is 1. The fourth-order valence-electron chi connectivity index (χ4n) is 3.06. The number of piperazine rings is 1. The van der Waals surface area contributed by atoms with Crippen LogP contribution in [-0.4, -0.2) is 53.8 Å². The van der Waals surface area contributed by atoms with Crippen LogP contribution in [0.15, 0.2) is 24.3 Å². The topological polar surface area (TPSA) is 42.6 Å². The molecular weight excluding hydrogens is 312 g/mol. The predicted molar refractivity (Wildman–Crippen MR) is 90.6 cm³/mol. The molecule has 1 saturated heterocycles. The first-order valence-corrected chi connectivity index (χ1v) is 8.28. The predicted octanol–water partition coefficient (Wildman–Crippen LogP) is 1.11. The first-order chi connectivity index (χ1) is 11.0. The molecule has 1 aliphatic rings. The molecule has 0 atom stereocenters. The van der Waals surface area contributed by atoms with Crippen molar-refractivity contribution in [3.8, 4) is 5.69 Å². The van der Waals surface area contributed by atoms with Gasteiger partial charge in [0.25, 0.3) is 5.91 Å². The van der Waals surface area contributed by atoms with Crippen LogP contribution in [-0.2, 0) is 0 Å². The summed E-state index contributed by atoms with van der Waals surface area (Å²) >= 11 is 6.28. The number of rotatable bonds is 2. The highest BCUT2D eigenvalue weighted by Gasteiger charge is 2.27. The Morgan fingerprint density at radius 2 is 1.87 bits per heavy atom. The zero-order chi connectivity index (χ0) is 16.6. The van der Waals surface area contributed by atoms with Gasteiger partial charge < -0.3 is 9.80 Å². The van der Waals surface area contributed by atoms with E-state index >= 15 is 0 Å². The molecule has 1 fully saturated rings. The molecule has 0 radical (unpaired) electrons. The van der Waals surface area contributed by atoms with E-state index in [-0.39, 0.29) is 5.91 Å². The summed E-state index contributed by atoms with van der Waals surface area (Å²) in [6.45, 7) is 7.37. The van der Waals surface area contributed by atoms with Crippen molar-refractivity contribution in [3.05, 3.63) is 46.2 Å². The molecule has 0 unspecified atom stereocenters. The number of halogens is 1. The number of carbonyl (C=O) groups excluding carboxylic acids is 1. The van der Waals surface area contributed by atoms with Gasteiger partial charge >= 0.3 is 0 Å². The molecule has 3 rings (SSSR count). The van der Waals surface area contributed by atoms with E-state index in [9.17, 15) is 4.79 Å². The number of amides is 1. The molecule has 23 heavy (non-hydrogen) atoms. The molecule has 2 heterocycles. The van der Waals surface area contributed by atoms with Gasteiger partial charge in [-0.05, 0) is 26.0 Å². The number of aryl methyl sites for hydroxylation is 1. The number of benzene rings is 1. The molecule has 6 heteroatoms. The highest BCUT2D eigenvalue weighted by Crippen LogP contribution is 2.24. The maximum Gasteiger partial charge on any atom is 0.258 e. The minimum absolute atomic E-state index is 0.0748. The van der Waals surface area contributed by atoms with E-state index < -0.39 is 0 Å². The van der Waals surface area contributed by atoms with Gasteiger partial charge in [-0.1, -0.05) is 23.7 Å². The van der Waals surface area contributed by atoms with Crippen LogP contribution in [0, 0.1) is 13.8 Å². The summed E-state index contributed by atoms with van der Waals surface area (Å²) < 4.78 is 1.77. The summed E-state index contributed by atoms with van der Waals surface area (Å²) in [7, 11) is 2.16. The molecule has 2 aromatic rings. The second-order valence-electron chi connectivity index (χ2n) is 6.16. The van der Waals surface area contributed by atoms with Crippen LogP contribution >= 0.6 is 11.6 Å². The van der Waals surface area contributed by atoms with Crippen LogP contribution in [0.25, 0.3) is 5.69 Å². The molecule has 1 aliphatic heterocycles. The molecule has 5 nitrogen and oxygen atoms in total. The second kappa shape index (κ2) is 6.34. The number of hydrogen-bond donors (Lipinski definition) is 1. The van der Waals surface area contributed by atoms with Gasteiger partial charge in [-0.15, -0.1) is 0 Å². The van der Waals surface area contributed by atoms with Crippen LogP contribution in [0.4, 0.5) is 0 Å². The highest BCUT2D eigenvalue weighted by atomic mass is 35.5. The third-order valence-corrected chi connectivity index (χ3v) is 4.81. The number of aromatic nitrogens is 2. The quantitative estimate of drug-likeness (QED) is 0.894. The molecule has 1 aromatic heterocycles. The minimum Gasteiger partial charge on any atom is -0.334 e. The van der Waals surface area contributed by atoms with Gasteiger partial charge in [0.05, 0.1) is 60.9 Å². The van der Waals surface area contributed by atoms with E-state index in [0.29, 0.717) is 10.6 Å². The molecule has 0 spiro atoms. The third-order valence-electron chi connectivity index (χ3n) is 4.49. The van der Waals surface area contributed by atoms with Crippen molar-refractivity contribution < 1.29 is 9.69 Å². The first-order valence-electron chi connectivity index (χ1n) is 7.90. The molecule has 0 bridgehead atoms. The monoisotopic (exact) mass is 333 g/mol. The Balaban J connectivity index is 1.95. The van der Waals surface area contributed by atoms with Gasteiger partial charge in [0, 0.05) is 0 Å². The molecular formula is C17H22ClN4O+. The standard InChI is InChI=1S/C17H21ClN4O/c1-12-16(17(23)21-10-8-20(3)9-11-21)13(2)22(19-12)15-7-5-4-6-14(15)18/h4-7H,8-11H2,1-3H3/p+1. The molecule has 122 valence electrons. The van der Waals surface area contributed by atoms with Crippen LogP contribution < -0.4 is 4.90 Å². The van der Waals surface area contributed by atoms with Gasteiger partial charge in [-0.2, -0.15) is 5.10 Å². The summed E-state index contributed by atoms with van der Waals surface area (Å²) in [4.78, 5) is 16.3. The molecule has 1 aromatic carbocycles. The number of para-hydroxylation sites is 1. The molecule has 0 aliphatic carbocycles. The largest absolute Gasteiger partial charge is 0.334 e. The Labute approximate surface area is 141 Å². The van der Waals surface area contributed by atoms with Crippen LogP contribution in [0.5, 0.6) is 0 Å². The van der Waals surface area contributed by atoms with Crippen molar-refractivity contribution in [3.63, 3.8) is 0 Å². The maximum absolute atomic E-state index is 12.9. The van der Waals surface area contributed by atoms with E-state index in [1.165, 1.54) is 4.90 Å². The van der Waals surface area contributed by atoms with Crippen LogP contribution in [0.2, 0.25) is 5.02 Å². The molecule has 1 N–H and O–H groups in total. The number of nitrogens with zero attached hydrogens (tertiary/aromatic N) is 3. The molecule has 0 saturated carbocycles. The van der Waals surface area contributed by atoms with Crippen LogP contribution in [0.1, 0.15) is 21.7 Å². The van der Waals surface area contributed by atoms with Gasteiger partial charge in [0.2, 0.25) is 0 Å². The normalized spacial score (nSPS) is 15.9. The zero-order valence-electron chi connectivity index (χ0n) is 13.8. The lowest BCUT2D eigenvalue weighted by atomic mass is 10.1. The molecule has 1 amide bonds. The van der Waals surface area contributed by atoms with E-state index in [2.05, 4.69) is 12.1 Å². The van der Waals surface area contributed by atoms with Gasteiger partial charge in [-0.25, -0.2) is 4.68 Å². The number of hydrogen-bond acceptors (Lipinski definition) is 2. The van der Waals surface area contributed by atoms with E-state index in [1.54, 1.807) is 4.68 Å². The van der Waals surface area contributed by atoms with Crippen molar-refractivity contribution in [2.75, 3.05) is 33.2 Å². The summed E-state index contributed by atoms with van der Waals surface area (Å²) in [5.41, 5.74) is 3.09. The summed E-state index contributed by atoms with van der Waals surface area (Å²) in [5.74, 6) is 0.0748. The highest BCUT2D eigenvalue weighted by molar-refractivity contribution is 6.32. The lowest BCUT2D eigenvalue weighted by Crippen LogP contribution is -3.12. The van der Waals surface area contributed by atoms with E-state index in [1.807, 2.05) is 43.0 Å². The van der Waals surface area contributed by atoms with Crippen molar-refractivity contribution >= 4 is 17.5 Å². The summed E-state index contributed by atoms with van der Waals surface area (Å²) in [6, 6.07) is 7.55. The lowest BCUT2D eigenvalue weighted by molar-refractivity contribution is -0.883. The summed E-state index contributed by atoms with van der Waals surface area (Å²) in [5, 5.41) is 5.18. The van der Waals surface area contributed by atoms with Crippen molar-refractivity contribution in [1.82, 2.24) is 14.7 Å². The van der Waals surface area contributed by atoms with Gasteiger partial charge in [-0.3, -0.25) is 4.79 Å². The van der Waals surface area contributed by atoms with Crippen molar-refractivity contribution in [1.29, 1.82) is 0 Å². The van der Waals surface area contributed by atoms with Crippen LogP contribution in [0.3, 0.4) is 0 Å². The fourth-order valence-corrected chi connectivity index (χ4v) is 3.28. The zero-order valence-corrected chi connectivity index (χ0v) is 14.5. The minimum atomic E-state index is 0.0748. The smallest absolute Gasteiger partial charge is 0.258 e. The second-order valence-corrected chi connectivity index (χ2v) is 6.57. The van der Waals surface area contributed by atoms with E-state index in [4.69, 9.17) is 11.6 Å². The van der Waals surface area contributed by atoms with Crippen molar-refractivity contribution in [2.24, 2.45) is 0 Å². The summed E-state index contributed by atoms with van der Waals surface area (Å²) in [6.07, 6.45) is 0. The first kappa shape index (κ1) is 16.0. The van der Waals surface area contributed by atoms with Gasteiger partial charge in [0.15, 0.2) is 0 Å². The van der Waals surface area contributed by atoms with Gasteiger partial charge in [0.1, 0.15) is 0 Å². The Hall–Kier alpha value is -1.85. The Kier molecular flexibility index (Phi) is 4.41. The van der Waals surface area contributed by atoms with E-state index in [0.717, 1.165) is 43.3 Å². The average molecular weight is 334 g/mol. The Morgan fingerprint density at radius 3 is 2.52 bits per heavy atom. The number of carbonyl (C=O) groups is 1. The Bertz CT molecular complexity index is 732. The third kappa shape index (κ3) is 2.99. The number of nitrogens with one attached hydrogen (secondary N) is 1. The Morgan fingerprint density at radius 1 is 1.22 bits per heavy atom.